The van der Waals surface area contributed by atoms with Gasteiger partial charge in [0, 0.05) is 34.3 Å². The Morgan fingerprint density at radius 1 is 1.05 bits per heavy atom. The number of nitrogens with zero attached hydrogens (tertiary/aromatic N) is 1. The molecular formula is C27H29N4O5S3-. The Morgan fingerprint density at radius 2 is 1.72 bits per heavy atom. The minimum Gasteiger partial charge on any atom is -0.755 e. The number of methoxy groups -OCH3 is 1. The van der Waals surface area contributed by atoms with Crippen molar-refractivity contribution in [3.63, 3.8) is 0 Å². The monoisotopic (exact) mass is 585 g/mol. The Bertz CT molecular complexity index is 1300. The zero-order valence-electron chi connectivity index (χ0n) is 21.4. The van der Waals surface area contributed by atoms with Gasteiger partial charge < -0.3 is 24.6 Å². The van der Waals surface area contributed by atoms with Gasteiger partial charge in [-0.15, -0.1) is 11.8 Å². The molecule has 0 saturated carbocycles. The number of benzene rings is 2. The molecule has 12 heteroatoms. The van der Waals surface area contributed by atoms with Crippen LogP contribution in [0.2, 0.25) is 0 Å². The molecule has 0 aliphatic carbocycles. The van der Waals surface area contributed by atoms with Gasteiger partial charge in [0.2, 0.25) is 5.91 Å². The highest BCUT2D eigenvalue weighted by molar-refractivity contribution is 8.13. The van der Waals surface area contributed by atoms with E-state index < -0.39 is 35.4 Å². The van der Waals surface area contributed by atoms with Gasteiger partial charge in [0.1, 0.15) is 6.04 Å². The van der Waals surface area contributed by atoms with Crippen molar-refractivity contribution in [3.05, 3.63) is 94.7 Å². The first-order valence-electron chi connectivity index (χ1n) is 11.8. The van der Waals surface area contributed by atoms with Gasteiger partial charge in [0.05, 0.1) is 23.9 Å². The molecule has 0 spiro atoms. The number of nitrogens with one attached hydrogen (secondary N) is 3. The van der Waals surface area contributed by atoms with E-state index in [1.54, 1.807) is 24.3 Å². The quantitative estimate of drug-likeness (QED) is 0.164. The number of hydrogen-bond donors (Lipinski definition) is 3. The summed E-state index contributed by atoms with van der Waals surface area (Å²) in [6.45, 7) is 4.09. The number of alkyl carbamates (subject to hydrolysis) is 1. The third-order valence-corrected chi connectivity index (χ3v) is 7.47. The molecule has 0 saturated heterocycles. The molecule has 206 valence electrons. The number of amides is 2. The number of rotatable bonds is 12. The molecule has 3 aromatic rings. The van der Waals surface area contributed by atoms with E-state index in [-0.39, 0.29) is 6.42 Å². The van der Waals surface area contributed by atoms with Crippen molar-refractivity contribution in [1.82, 2.24) is 10.6 Å². The van der Waals surface area contributed by atoms with Gasteiger partial charge in [0.15, 0.2) is 0 Å². The zero-order chi connectivity index (χ0) is 28.2. The summed E-state index contributed by atoms with van der Waals surface area (Å²) in [4.78, 5) is 30.4. The van der Waals surface area contributed by atoms with Crippen LogP contribution in [-0.4, -0.2) is 51.3 Å². The van der Waals surface area contributed by atoms with Crippen LogP contribution >= 0.6 is 23.1 Å². The molecule has 1 heterocycles. The van der Waals surface area contributed by atoms with Crippen molar-refractivity contribution in [2.45, 2.75) is 24.9 Å². The van der Waals surface area contributed by atoms with Crippen LogP contribution in [0.25, 0.3) is 5.70 Å². The van der Waals surface area contributed by atoms with Crippen LogP contribution in [0.3, 0.4) is 0 Å². The van der Waals surface area contributed by atoms with E-state index >= 15 is 0 Å². The second-order valence-corrected chi connectivity index (χ2v) is 10.6. The van der Waals surface area contributed by atoms with Crippen molar-refractivity contribution in [2.75, 3.05) is 18.1 Å². The summed E-state index contributed by atoms with van der Waals surface area (Å²) in [7, 11) is 1.24. The second kappa shape index (κ2) is 15.2. The van der Waals surface area contributed by atoms with Crippen molar-refractivity contribution in [1.29, 1.82) is 0 Å². The molecule has 0 aliphatic heterocycles. The van der Waals surface area contributed by atoms with E-state index in [2.05, 4.69) is 21.9 Å². The lowest BCUT2D eigenvalue weighted by atomic mass is 10.0. The zero-order valence-corrected chi connectivity index (χ0v) is 23.9. The minimum absolute atomic E-state index is 0.258. The summed E-state index contributed by atoms with van der Waals surface area (Å²) in [5.41, 5.74) is 3.57. The van der Waals surface area contributed by atoms with E-state index in [4.69, 9.17) is 9.73 Å². The minimum atomic E-state index is -2.43. The largest absolute Gasteiger partial charge is 0.755 e. The summed E-state index contributed by atoms with van der Waals surface area (Å²) >= 11 is 0.483. The number of carbonyl (C=O) groups excluding carboxylic acids is 2. The van der Waals surface area contributed by atoms with Crippen LogP contribution in [0, 0.1) is 0 Å². The van der Waals surface area contributed by atoms with Gasteiger partial charge in [-0.1, -0.05) is 49.0 Å². The van der Waals surface area contributed by atoms with Crippen LogP contribution in [0.4, 0.5) is 10.5 Å². The summed E-state index contributed by atoms with van der Waals surface area (Å²) in [5, 5.41) is 10.2. The lowest BCUT2D eigenvalue weighted by Gasteiger charge is -2.24. The average Bonchev–Trinajstić information content (AvgIpc) is 3.47. The predicted octanol–water partition coefficient (Wildman–Crippen LogP) is 4.38. The molecule has 3 atom stereocenters. The number of anilines is 1. The van der Waals surface area contributed by atoms with Gasteiger partial charge in [-0.2, -0.15) is 11.3 Å². The number of ether oxygens (including phenoxy) is 1. The molecule has 3 rings (SSSR count). The fraction of sp³-hybridized carbons (Fsp3) is 0.222. The third kappa shape index (κ3) is 9.66. The van der Waals surface area contributed by atoms with E-state index in [1.807, 2.05) is 53.4 Å². The number of carbonyl (C=O) groups is 2. The Morgan fingerprint density at radius 3 is 2.31 bits per heavy atom. The smallest absolute Gasteiger partial charge is 0.407 e. The van der Waals surface area contributed by atoms with Crippen LogP contribution in [-0.2, 0) is 33.6 Å². The first-order valence-corrected chi connectivity index (χ1v) is 15.0. The Hall–Kier alpha value is -3.45. The van der Waals surface area contributed by atoms with Crippen LogP contribution in [0.15, 0.2) is 83.0 Å². The van der Waals surface area contributed by atoms with E-state index in [9.17, 15) is 18.4 Å². The standard InChI is InChI=1S/C27H30N4O5S3/c1-18(21-13-14-38-17-21)28-26(37-3)24(16-20-9-11-22(12-10-20)31-39(34)35)29-25(32)23(30-27(33)36-2)15-19-7-5-4-6-8-19/h4-14,17,23-24,31H,1,15-16H2,2-3H3,(H,29,32)(H,30,33)(H,34,35)/p-1/t23-,24-/m0/s1. The van der Waals surface area contributed by atoms with Gasteiger partial charge in [-0.25, -0.2) is 9.79 Å². The van der Waals surface area contributed by atoms with Crippen molar-refractivity contribution < 1.29 is 23.1 Å². The normalized spacial score (nSPS) is 13.6. The van der Waals surface area contributed by atoms with Gasteiger partial charge >= 0.3 is 6.09 Å². The molecule has 39 heavy (non-hydrogen) atoms. The topological polar surface area (TPSA) is 132 Å². The molecule has 2 aromatic carbocycles. The molecule has 2 amide bonds. The van der Waals surface area contributed by atoms with E-state index in [1.165, 1.54) is 30.2 Å². The highest BCUT2D eigenvalue weighted by Gasteiger charge is 2.27. The van der Waals surface area contributed by atoms with E-state index in [0.29, 0.717) is 22.8 Å². The number of aliphatic imine (C=N–C) groups is 1. The summed E-state index contributed by atoms with van der Waals surface area (Å²) < 4.78 is 29.0. The summed E-state index contributed by atoms with van der Waals surface area (Å²) in [5.74, 6) is -0.405. The molecule has 9 nitrogen and oxygen atoms in total. The predicted molar refractivity (Wildman–Crippen MR) is 158 cm³/mol. The third-order valence-electron chi connectivity index (χ3n) is 5.59. The second-order valence-electron chi connectivity index (χ2n) is 8.29. The van der Waals surface area contributed by atoms with Gasteiger partial charge in [-0.3, -0.25) is 9.00 Å². The highest BCUT2D eigenvalue weighted by Crippen LogP contribution is 2.21. The average molecular weight is 586 g/mol. The first kappa shape index (κ1) is 30.1. The first-order chi connectivity index (χ1) is 18.8. The Labute approximate surface area is 238 Å². The van der Waals surface area contributed by atoms with Crippen molar-refractivity contribution in [2.24, 2.45) is 4.99 Å². The van der Waals surface area contributed by atoms with Crippen LogP contribution < -0.4 is 15.4 Å². The fourth-order valence-corrected chi connectivity index (χ4v) is 5.29. The molecule has 0 aliphatic rings. The lowest BCUT2D eigenvalue weighted by molar-refractivity contribution is -0.123. The summed E-state index contributed by atoms with van der Waals surface area (Å²) in [6, 6.07) is 16.6. The molecule has 1 aromatic heterocycles. The van der Waals surface area contributed by atoms with Crippen molar-refractivity contribution >= 4 is 62.8 Å². The molecule has 0 radical (unpaired) electrons. The van der Waals surface area contributed by atoms with Gasteiger partial charge in [0.25, 0.3) is 0 Å². The molecule has 0 fully saturated rings. The maximum atomic E-state index is 13.6. The van der Waals surface area contributed by atoms with E-state index in [0.717, 1.165) is 16.7 Å². The van der Waals surface area contributed by atoms with Crippen LogP contribution in [0.5, 0.6) is 0 Å². The lowest BCUT2D eigenvalue weighted by Crippen LogP contribution is -2.52. The Kier molecular flexibility index (Phi) is 11.7. The van der Waals surface area contributed by atoms with Gasteiger partial charge in [-0.05, 0) is 47.4 Å². The number of thioether (sulfide) groups is 1. The fourth-order valence-electron chi connectivity index (χ4n) is 3.67. The molecule has 0 bridgehead atoms. The van der Waals surface area contributed by atoms with Crippen LogP contribution in [0.1, 0.15) is 16.7 Å². The Balaban J connectivity index is 1.89. The molecule has 3 N–H and O–H groups in total. The maximum Gasteiger partial charge on any atom is 0.407 e. The van der Waals surface area contributed by atoms with Crippen molar-refractivity contribution in [3.8, 4) is 0 Å². The molecule has 1 unspecified atom stereocenters. The molecular weight excluding hydrogens is 557 g/mol. The number of hydrogen-bond acceptors (Lipinski definition) is 8. The summed E-state index contributed by atoms with van der Waals surface area (Å²) in [6.07, 6.45) is 1.77. The number of thiophene rings is 1. The highest BCUT2D eigenvalue weighted by atomic mass is 32.2. The maximum absolute atomic E-state index is 13.6. The SMILES string of the molecule is C=C(N=C(SC)[C@H](Cc1ccc(NS(=O)[O-])cc1)NC(=O)[C@H](Cc1ccccc1)NC(=O)OC)c1ccsc1.